The van der Waals surface area contributed by atoms with Gasteiger partial charge in [0, 0.05) is 52.8 Å². The molecule has 1 spiro atoms. The van der Waals surface area contributed by atoms with E-state index in [0.717, 1.165) is 64.4 Å². The molecule has 3 aliphatic rings. The standard InChI is InChI=1S/C18H32N4O2.HI/c1-19-16(22-10-8-17(13-22)9-11-24-14-17)20-12-18(6-4-5-7-18)15(23)21(2)3;/h4-14H2,1-3H3,(H,19,20);1H. The molecule has 0 aromatic heterocycles. The molecule has 1 atom stereocenters. The first-order valence-electron chi connectivity index (χ1n) is 9.25. The second-order valence-corrected chi connectivity index (χ2v) is 8.06. The van der Waals surface area contributed by atoms with Crippen molar-refractivity contribution in [2.45, 2.75) is 38.5 Å². The van der Waals surface area contributed by atoms with E-state index >= 15 is 0 Å². The number of rotatable bonds is 3. The largest absolute Gasteiger partial charge is 0.381 e. The average Bonchev–Trinajstić information content (AvgIpc) is 3.31. The molecule has 3 rings (SSSR count). The van der Waals surface area contributed by atoms with E-state index < -0.39 is 0 Å². The first-order chi connectivity index (χ1) is 11.5. The highest BCUT2D eigenvalue weighted by atomic mass is 127. The smallest absolute Gasteiger partial charge is 0.230 e. The van der Waals surface area contributed by atoms with Gasteiger partial charge in [0.25, 0.3) is 0 Å². The number of amides is 1. The van der Waals surface area contributed by atoms with Gasteiger partial charge in [-0.15, -0.1) is 24.0 Å². The molecule has 1 N–H and O–H groups in total. The van der Waals surface area contributed by atoms with Crippen LogP contribution in [0.4, 0.5) is 0 Å². The van der Waals surface area contributed by atoms with Gasteiger partial charge in [-0.1, -0.05) is 12.8 Å². The minimum absolute atomic E-state index is 0. The summed E-state index contributed by atoms with van der Waals surface area (Å²) in [5.41, 5.74) is 0.0649. The third-order valence-corrected chi connectivity index (χ3v) is 6.14. The molecule has 1 saturated carbocycles. The third kappa shape index (κ3) is 4.23. The maximum absolute atomic E-state index is 12.7. The lowest BCUT2D eigenvalue weighted by Crippen LogP contribution is -2.50. The predicted molar refractivity (Wildman–Crippen MR) is 110 cm³/mol. The predicted octanol–water partition coefficient (Wildman–Crippen LogP) is 1.94. The highest BCUT2D eigenvalue weighted by molar-refractivity contribution is 14.0. The van der Waals surface area contributed by atoms with Crippen LogP contribution in [0.15, 0.2) is 4.99 Å². The van der Waals surface area contributed by atoms with E-state index in [9.17, 15) is 4.79 Å². The van der Waals surface area contributed by atoms with E-state index in [1.807, 2.05) is 21.1 Å². The van der Waals surface area contributed by atoms with Crippen LogP contribution in [0.5, 0.6) is 0 Å². The number of aliphatic imine (C=N–C) groups is 1. The van der Waals surface area contributed by atoms with Crippen LogP contribution in [0.1, 0.15) is 38.5 Å². The van der Waals surface area contributed by atoms with Crippen LogP contribution < -0.4 is 5.32 Å². The first kappa shape index (κ1) is 20.7. The van der Waals surface area contributed by atoms with Gasteiger partial charge in [0.1, 0.15) is 0 Å². The van der Waals surface area contributed by atoms with Crippen molar-refractivity contribution in [2.24, 2.45) is 15.8 Å². The molecule has 2 saturated heterocycles. The Morgan fingerprint density at radius 1 is 1.24 bits per heavy atom. The lowest BCUT2D eigenvalue weighted by molar-refractivity contribution is -0.138. The molecule has 0 aromatic rings. The Hall–Kier alpha value is -0.570. The molecular formula is C18H33IN4O2. The van der Waals surface area contributed by atoms with Gasteiger partial charge in [-0.3, -0.25) is 9.79 Å². The van der Waals surface area contributed by atoms with Crippen LogP contribution >= 0.6 is 24.0 Å². The van der Waals surface area contributed by atoms with Crippen molar-refractivity contribution in [3.05, 3.63) is 0 Å². The molecular weight excluding hydrogens is 431 g/mol. The Morgan fingerprint density at radius 3 is 2.52 bits per heavy atom. The number of likely N-dealkylation sites (tertiary alicyclic amines) is 1. The maximum Gasteiger partial charge on any atom is 0.230 e. The molecule has 3 fully saturated rings. The van der Waals surface area contributed by atoms with Crippen molar-refractivity contribution in [2.75, 3.05) is 54.0 Å². The van der Waals surface area contributed by atoms with E-state index in [1.165, 1.54) is 6.42 Å². The summed E-state index contributed by atoms with van der Waals surface area (Å²) in [5, 5.41) is 3.52. The van der Waals surface area contributed by atoms with E-state index in [2.05, 4.69) is 15.2 Å². The van der Waals surface area contributed by atoms with E-state index in [0.29, 0.717) is 12.0 Å². The highest BCUT2D eigenvalue weighted by Crippen LogP contribution is 2.40. The zero-order valence-corrected chi connectivity index (χ0v) is 18.2. The van der Waals surface area contributed by atoms with Crippen molar-refractivity contribution in [3.63, 3.8) is 0 Å². The van der Waals surface area contributed by atoms with Gasteiger partial charge in [0.05, 0.1) is 12.0 Å². The Bertz CT molecular complexity index is 497. The number of hydrogen-bond donors (Lipinski definition) is 1. The molecule has 2 aliphatic heterocycles. The lowest BCUT2D eigenvalue weighted by Gasteiger charge is -2.33. The minimum atomic E-state index is -0.257. The summed E-state index contributed by atoms with van der Waals surface area (Å²) in [6.45, 7) is 4.50. The van der Waals surface area contributed by atoms with Gasteiger partial charge in [-0.2, -0.15) is 0 Å². The van der Waals surface area contributed by atoms with Gasteiger partial charge in [-0.25, -0.2) is 0 Å². The summed E-state index contributed by atoms with van der Waals surface area (Å²) in [6, 6.07) is 0. The summed E-state index contributed by atoms with van der Waals surface area (Å²) >= 11 is 0. The van der Waals surface area contributed by atoms with Gasteiger partial charge in [0.2, 0.25) is 5.91 Å². The Kier molecular flexibility index (Phi) is 6.98. The second-order valence-electron chi connectivity index (χ2n) is 8.06. The normalized spacial score (nSPS) is 28.3. The number of halogens is 1. The molecule has 1 aliphatic carbocycles. The SMILES string of the molecule is CN=C(NCC1(C(=O)N(C)C)CCCC1)N1CCC2(CCOC2)C1.I. The Balaban J connectivity index is 0.00000225. The van der Waals surface area contributed by atoms with Crippen molar-refractivity contribution in [3.8, 4) is 0 Å². The van der Waals surface area contributed by atoms with E-state index in [4.69, 9.17) is 4.74 Å². The quantitative estimate of drug-likeness (QED) is 0.394. The fourth-order valence-corrected chi connectivity index (χ4v) is 4.66. The van der Waals surface area contributed by atoms with Gasteiger partial charge < -0.3 is 19.9 Å². The summed E-state index contributed by atoms with van der Waals surface area (Å²) in [4.78, 5) is 21.3. The zero-order chi connectivity index (χ0) is 17.2. The van der Waals surface area contributed by atoms with E-state index in [-0.39, 0.29) is 35.3 Å². The lowest BCUT2D eigenvalue weighted by atomic mass is 9.84. The van der Waals surface area contributed by atoms with Crippen LogP contribution in [-0.4, -0.2) is 75.7 Å². The van der Waals surface area contributed by atoms with Crippen LogP contribution in [0.3, 0.4) is 0 Å². The Morgan fingerprint density at radius 2 is 1.96 bits per heavy atom. The van der Waals surface area contributed by atoms with Crippen molar-refractivity contribution in [1.29, 1.82) is 0 Å². The Labute approximate surface area is 168 Å². The summed E-state index contributed by atoms with van der Waals surface area (Å²) in [6.07, 6.45) is 6.57. The monoisotopic (exact) mass is 464 g/mol. The van der Waals surface area contributed by atoms with E-state index in [1.54, 1.807) is 4.90 Å². The zero-order valence-electron chi connectivity index (χ0n) is 15.8. The first-order valence-corrected chi connectivity index (χ1v) is 9.25. The van der Waals surface area contributed by atoms with Crippen molar-refractivity contribution >= 4 is 35.8 Å². The number of guanidine groups is 1. The van der Waals surface area contributed by atoms with Crippen LogP contribution in [0.25, 0.3) is 0 Å². The van der Waals surface area contributed by atoms with Gasteiger partial charge in [-0.05, 0) is 25.7 Å². The number of nitrogens with zero attached hydrogens (tertiary/aromatic N) is 3. The topological polar surface area (TPSA) is 57.2 Å². The number of carbonyl (C=O) groups is 1. The molecule has 1 amide bonds. The molecule has 2 heterocycles. The number of nitrogens with one attached hydrogen (secondary N) is 1. The molecule has 0 radical (unpaired) electrons. The second kappa shape index (κ2) is 8.41. The molecule has 1 unspecified atom stereocenters. The molecule has 6 nitrogen and oxygen atoms in total. The summed E-state index contributed by atoms with van der Waals surface area (Å²) in [7, 11) is 5.57. The van der Waals surface area contributed by atoms with Crippen LogP contribution in [0, 0.1) is 10.8 Å². The van der Waals surface area contributed by atoms with Crippen LogP contribution in [0.2, 0.25) is 0 Å². The average molecular weight is 464 g/mol. The highest BCUT2D eigenvalue weighted by Gasteiger charge is 2.44. The number of carbonyl (C=O) groups excluding carboxylic acids is 1. The summed E-state index contributed by atoms with van der Waals surface area (Å²) < 4.78 is 5.62. The van der Waals surface area contributed by atoms with Crippen molar-refractivity contribution in [1.82, 2.24) is 15.1 Å². The molecule has 0 aromatic carbocycles. The fourth-order valence-electron chi connectivity index (χ4n) is 4.66. The number of hydrogen-bond acceptors (Lipinski definition) is 3. The maximum atomic E-state index is 12.7. The third-order valence-electron chi connectivity index (χ3n) is 6.14. The van der Waals surface area contributed by atoms with Gasteiger partial charge >= 0.3 is 0 Å². The molecule has 7 heteroatoms. The molecule has 0 bridgehead atoms. The fraction of sp³-hybridized carbons (Fsp3) is 0.889. The van der Waals surface area contributed by atoms with Gasteiger partial charge in [0.15, 0.2) is 5.96 Å². The summed E-state index contributed by atoms with van der Waals surface area (Å²) in [5.74, 6) is 1.20. The molecule has 25 heavy (non-hydrogen) atoms. The van der Waals surface area contributed by atoms with Crippen molar-refractivity contribution < 1.29 is 9.53 Å². The number of ether oxygens (including phenoxy) is 1. The minimum Gasteiger partial charge on any atom is -0.381 e. The molecule has 144 valence electrons. The van der Waals surface area contributed by atoms with Crippen LogP contribution in [-0.2, 0) is 9.53 Å².